The molecule has 1 aliphatic heterocycles. The van der Waals surface area contributed by atoms with E-state index in [0.717, 1.165) is 9.49 Å². The topological polar surface area (TPSA) is 145 Å². The Kier molecular flexibility index (Phi) is 7.49. The SMILES string of the molecule is CC(C)(CO)[N+](C)(C)C.O=C1N=C([O-])CN1/N=C/c1ccc(-c2ccc([N+](=O)[O-])cc2)o1. The number of urea groups is 1. The number of amides is 2. The number of hydrazone groups is 1. The van der Waals surface area contributed by atoms with Crippen molar-refractivity contribution in [3.8, 4) is 11.3 Å². The van der Waals surface area contributed by atoms with E-state index in [0.29, 0.717) is 17.1 Å². The third kappa shape index (κ3) is 6.22. The molecule has 11 heteroatoms. The maximum Gasteiger partial charge on any atom is 0.363 e. The van der Waals surface area contributed by atoms with Crippen molar-refractivity contribution in [2.75, 3.05) is 34.3 Å². The van der Waals surface area contributed by atoms with Gasteiger partial charge in [-0.05, 0) is 44.0 Å². The second-order valence-corrected chi connectivity index (χ2v) is 8.58. The summed E-state index contributed by atoms with van der Waals surface area (Å²) in [7, 11) is 6.24. The van der Waals surface area contributed by atoms with Crippen molar-refractivity contribution in [2.45, 2.75) is 19.4 Å². The molecule has 1 aromatic heterocycles. The lowest BCUT2D eigenvalue weighted by molar-refractivity contribution is -0.920. The fraction of sp³-hybridized carbons (Fsp3) is 0.381. The summed E-state index contributed by atoms with van der Waals surface area (Å²) in [6.45, 7) is 4.14. The summed E-state index contributed by atoms with van der Waals surface area (Å²) in [5.41, 5.74) is 0.626. The second-order valence-electron chi connectivity index (χ2n) is 8.58. The van der Waals surface area contributed by atoms with Gasteiger partial charge in [-0.25, -0.2) is 14.8 Å². The first-order chi connectivity index (χ1) is 14.8. The zero-order valence-electron chi connectivity index (χ0n) is 18.7. The first-order valence-electron chi connectivity index (χ1n) is 9.71. The number of carbonyl (C=O) groups is 1. The molecule has 2 heterocycles. The van der Waals surface area contributed by atoms with Gasteiger partial charge in [0.1, 0.15) is 17.1 Å². The number of aliphatic hydroxyl groups excluding tert-OH is 1. The van der Waals surface area contributed by atoms with Crippen LogP contribution in [0.2, 0.25) is 0 Å². The minimum atomic E-state index is -0.714. The standard InChI is InChI=1S/C14H10N4O5.C7H18NO/c19-13-8-17(14(20)16-13)15-7-11-5-6-12(23-11)9-1-3-10(4-2-9)18(21)22;1-7(2,6-9)8(3,4)5/h1-7H,8H2,(H,16,19,20);9H,6H2,1-5H3/q;+1/p-1/b15-7+;. The van der Waals surface area contributed by atoms with Gasteiger partial charge in [0, 0.05) is 17.7 Å². The molecule has 0 bridgehead atoms. The van der Waals surface area contributed by atoms with Gasteiger partial charge in [0.25, 0.3) is 5.69 Å². The first-order valence-corrected chi connectivity index (χ1v) is 9.71. The number of furan rings is 1. The average molecular weight is 445 g/mol. The summed E-state index contributed by atoms with van der Waals surface area (Å²) in [5.74, 6) is 0.318. The monoisotopic (exact) mass is 445 g/mol. The Morgan fingerprint density at radius 1 is 1.25 bits per heavy atom. The van der Waals surface area contributed by atoms with Crippen LogP contribution < -0.4 is 5.11 Å². The molecule has 0 fully saturated rings. The number of non-ortho nitro benzene ring substituents is 1. The van der Waals surface area contributed by atoms with Crippen LogP contribution in [0, 0.1) is 10.1 Å². The molecule has 0 aliphatic carbocycles. The molecular formula is C21H27N5O6. The van der Waals surface area contributed by atoms with Crippen LogP contribution in [0.25, 0.3) is 11.3 Å². The number of likely N-dealkylation sites (N-methyl/N-ethyl adjacent to an activating group) is 1. The highest BCUT2D eigenvalue weighted by Crippen LogP contribution is 2.24. The average Bonchev–Trinajstić information content (AvgIpc) is 3.32. The molecule has 0 atom stereocenters. The molecule has 2 amide bonds. The van der Waals surface area contributed by atoms with E-state index in [1.54, 1.807) is 24.3 Å². The molecule has 0 radical (unpaired) electrons. The van der Waals surface area contributed by atoms with Gasteiger partial charge < -0.3 is 19.1 Å². The molecule has 172 valence electrons. The molecule has 1 N–H and O–H groups in total. The Bertz CT molecular complexity index is 1020. The third-order valence-electron chi connectivity index (χ3n) is 5.24. The lowest BCUT2D eigenvalue weighted by atomic mass is 10.0. The summed E-state index contributed by atoms with van der Waals surface area (Å²) in [4.78, 5) is 24.6. The molecular weight excluding hydrogens is 418 g/mol. The van der Waals surface area contributed by atoms with Crippen molar-refractivity contribution < 1.29 is 28.8 Å². The summed E-state index contributed by atoms with van der Waals surface area (Å²) < 4.78 is 6.31. The Labute approximate surface area is 185 Å². The van der Waals surface area contributed by atoms with Crippen LogP contribution in [0.1, 0.15) is 19.6 Å². The van der Waals surface area contributed by atoms with Gasteiger partial charge in [-0.2, -0.15) is 5.10 Å². The number of hydrogen-bond acceptors (Lipinski definition) is 7. The zero-order valence-corrected chi connectivity index (χ0v) is 18.7. The molecule has 32 heavy (non-hydrogen) atoms. The number of hydrogen-bond donors (Lipinski definition) is 1. The normalized spacial score (nSPS) is 14.4. The number of nitro benzene ring substituents is 1. The van der Waals surface area contributed by atoms with Gasteiger partial charge in [0.05, 0.1) is 45.4 Å². The summed E-state index contributed by atoms with van der Waals surface area (Å²) in [5, 5.41) is 35.3. The lowest BCUT2D eigenvalue weighted by Gasteiger charge is -2.39. The number of rotatable bonds is 6. The smallest absolute Gasteiger partial charge is 0.363 e. The highest BCUT2D eigenvalue weighted by Gasteiger charge is 2.31. The number of nitrogens with zero attached hydrogens (tertiary/aromatic N) is 5. The fourth-order valence-electron chi connectivity index (χ4n) is 2.15. The maximum absolute atomic E-state index is 11.3. The van der Waals surface area contributed by atoms with Crippen molar-refractivity contribution in [2.24, 2.45) is 10.1 Å². The van der Waals surface area contributed by atoms with Gasteiger partial charge in [-0.3, -0.25) is 10.1 Å². The Hall–Kier alpha value is -3.57. The highest BCUT2D eigenvalue weighted by molar-refractivity contribution is 5.96. The molecule has 1 aromatic carbocycles. The Morgan fingerprint density at radius 3 is 2.31 bits per heavy atom. The summed E-state index contributed by atoms with van der Waals surface area (Å²) in [6, 6.07) is 8.47. The molecule has 0 spiro atoms. The predicted octanol–water partition coefficient (Wildman–Crippen LogP) is 1.85. The quantitative estimate of drug-likeness (QED) is 0.311. The number of benzene rings is 1. The second kappa shape index (κ2) is 9.71. The van der Waals surface area contributed by atoms with Crippen molar-refractivity contribution in [1.29, 1.82) is 0 Å². The van der Waals surface area contributed by atoms with Crippen molar-refractivity contribution in [3.63, 3.8) is 0 Å². The van der Waals surface area contributed by atoms with Gasteiger partial charge in [-0.15, -0.1) is 0 Å². The lowest BCUT2D eigenvalue weighted by Crippen LogP contribution is -2.55. The molecule has 2 aromatic rings. The third-order valence-corrected chi connectivity index (χ3v) is 5.24. The minimum absolute atomic E-state index is 0.0111. The number of carbonyl (C=O) groups excluding carboxylic acids is 1. The Balaban J connectivity index is 0.000000344. The molecule has 11 nitrogen and oxygen atoms in total. The largest absolute Gasteiger partial charge is 0.860 e. The molecule has 3 rings (SSSR count). The summed E-state index contributed by atoms with van der Waals surface area (Å²) in [6.07, 6.45) is 1.29. The molecule has 0 unspecified atom stereocenters. The summed E-state index contributed by atoms with van der Waals surface area (Å²) >= 11 is 0. The van der Waals surface area contributed by atoms with Crippen LogP contribution in [0.15, 0.2) is 50.9 Å². The van der Waals surface area contributed by atoms with E-state index in [4.69, 9.17) is 9.52 Å². The number of quaternary nitrogens is 1. The van der Waals surface area contributed by atoms with Crippen LogP contribution >= 0.6 is 0 Å². The molecule has 0 saturated carbocycles. The molecule has 1 aliphatic rings. The van der Waals surface area contributed by atoms with E-state index >= 15 is 0 Å². The van der Waals surface area contributed by atoms with Crippen LogP contribution in [-0.2, 0) is 0 Å². The van der Waals surface area contributed by atoms with Crippen molar-refractivity contribution >= 4 is 23.8 Å². The Morgan fingerprint density at radius 2 is 1.88 bits per heavy atom. The van der Waals surface area contributed by atoms with Gasteiger partial charge in [0.2, 0.25) is 0 Å². The van der Waals surface area contributed by atoms with E-state index < -0.39 is 16.9 Å². The number of nitro groups is 1. The van der Waals surface area contributed by atoms with E-state index in [9.17, 15) is 20.0 Å². The number of aliphatic imine (C=N–C) groups is 1. The predicted molar refractivity (Wildman–Crippen MR) is 117 cm³/mol. The van der Waals surface area contributed by atoms with E-state index in [2.05, 4.69) is 31.2 Å². The first kappa shape index (κ1) is 24.7. The van der Waals surface area contributed by atoms with Crippen LogP contribution in [0.5, 0.6) is 0 Å². The van der Waals surface area contributed by atoms with E-state index in [-0.39, 0.29) is 24.4 Å². The highest BCUT2D eigenvalue weighted by atomic mass is 16.6. The van der Waals surface area contributed by atoms with Gasteiger partial charge in [0.15, 0.2) is 0 Å². The van der Waals surface area contributed by atoms with Crippen LogP contribution in [0.3, 0.4) is 0 Å². The van der Waals surface area contributed by atoms with Crippen molar-refractivity contribution in [1.82, 2.24) is 5.01 Å². The number of aliphatic hydroxyl groups is 1. The van der Waals surface area contributed by atoms with Crippen LogP contribution in [-0.4, -0.2) is 77.5 Å². The molecule has 0 saturated heterocycles. The van der Waals surface area contributed by atoms with Crippen LogP contribution in [0.4, 0.5) is 10.5 Å². The van der Waals surface area contributed by atoms with E-state index in [1.165, 1.54) is 18.3 Å². The van der Waals surface area contributed by atoms with Crippen molar-refractivity contribution in [3.05, 3.63) is 52.3 Å². The minimum Gasteiger partial charge on any atom is -0.860 e. The fourth-order valence-corrected chi connectivity index (χ4v) is 2.15. The zero-order chi connectivity index (χ0) is 24.1. The maximum atomic E-state index is 11.3. The van der Waals surface area contributed by atoms with Gasteiger partial charge in [-0.1, -0.05) is 0 Å². The van der Waals surface area contributed by atoms with E-state index in [1.807, 2.05) is 13.8 Å². The van der Waals surface area contributed by atoms with Gasteiger partial charge >= 0.3 is 6.03 Å².